The van der Waals surface area contributed by atoms with Gasteiger partial charge in [-0.3, -0.25) is 4.55 Å². The van der Waals surface area contributed by atoms with E-state index in [4.69, 9.17) is 4.55 Å². The van der Waals surface area contributed by atoms with Crippen LogP contribution in [0.2, 0.25) is 0 Å². The number of benzene rings is 1. The molecule has 62 valence electrons. The maximum Gasteiger partial charge on any atom is 0.295 e. The predicted octanol–water partition coefficient (Wildman–Crippen LogP) is 1.69. The van der Waals surface area contributed by atoms with Gasteiger partial charge in [0, 0.05) is 24.0 Å². The van der Waals surface area contributed by atoms with Gasteiger partial charge in [-0.05, 0) is 28.1 Å². The van der Waals surface area contributed by atoms with Gasteiger partial charge in [-0.25, -0.2) is 0 Å². The maximum atomic E-state index is 10.6. The molecule has 1 aromatic rings. The summed E-state index contributed by atoms with van der Waals surface area (Å²) < 4.78 is 30.1. The van der Waals surface area contributed by atoms with Crippen LogP contribution in [0.15, 0.2) is 33.6 Å². The second-order valence-electron chi connectivity index (χ2n) is 1.91. The summed E-state index contributed by atoms with van der Waals surface area (Å²) in [6.45, 7) is 0. The summed E-state index contributed by atoms with van der Waals surface area (Å²) >= 11 is 2.99. The van der Waals surface area contributed by atoms with Crippen molar-refractivity contribution in [1.29, 1.82) is 0 Å². The molecule has 1 aromatic carbocycles. The van der Waals surface area contributed by atoms with Gasteiger partial charge < -0.3 is 0 Å². The van der Waals surface area contributed by atoms with E-state index in [1.807, 2.05) is 0 Å². The number of rotatable bonds is 1. The Kier molecular flexibility index (Phi) is 4.55. The van der Waals surface area contributed by atoms with Crippen LogP contribution in [0, 0.1) is 0 Å². The van der Waals surface area contributed by atoms with Crippen LogP contribution < -0.4 is 0 Å². The minimum absolute atomic E-state index is 0. The minimum Gasteiger partial charge on any atom is -0.282 e. The maximum absolute atomic E-state index is 10.6. The molecule has 3 nitrogen and oxygen atoms in total. The molecule has 1 N–H and O–H groups in total. The molecular formula is C6H5BrO3SZn. The average Bonchev–Trinajstić information content (AvgIpc) is 1.86. The van der Waals surface area contributed by atoms with Crippen molar-refractivity contribution in [2.75, 3.05) is 0 Å². The molecule has 0 aliphatic heterocycles. The fourth-order valence-electron chi connectivity index (χ4n) is 0.654. The van der Waals surface area contributed by atoms with E-state index < -0.39 is 10.1 Å². The first-order chi connectivity index (χ1) is 5.02. The van der Waals surface area contributed by atoms with Crippen molar-refractivity contribution in [2.45, 2.75) is 4.90 Å². The molecule has 0 radical (unpaired) electrons. The number of hydrogen-bond donors (Lipinski definition) is 1. The van der Waals surface area contributed by atoms with Crippen molar-refractivity contribution in [2.24, 2.45) is 0 Å². The Labute approximate surface area is 91.8 Å². The Morgan fingerprint density at radius 1 is 1.25 bits per heavy atom. The molecule has 0 aliphatic carbocycles. The van der Waals surface area contributed by atoms with E-state index in [1.165, 1.54) is 12.1 Å². The largest absolute Gasteiger partial charge is 0.295 e. The first-order valence-corrected chi connectivity index (χ1v) is 4.97. The van der Waals surface area contributed by atoms with E-state index in [2.05, 4.69) is 15.9 Å². The van der Waals surface area contributed by atoms with Crippen molar-refractivity contribution in [3.05, 3.63) is 28.7 Å². The van der Waals surface area contributed by atoms with Crippen LogP contribution in [0.25, 0.3) is 0 Å². The zero-order chi connectivity index (χ0) is 8.48. The van der Waals surface area contributed by atoms with Crippen molar-refractivity contribution < 1.29 is 32.4 Å². The summed E-state index contributed by atoms with van der Waals surface area (Å²) in [5.74, 6) is 0. The second kappa shape index (κ2) is 4.46. The van der Waals surface area contributed by atoms with Gasteiger partial charge in [0.2, 0.25) is 0 Å². The van der Waals surface area contributed by atoms with Gasteiger partial charge in [-0.1, -0.05) is 12.1 Å². The van der Waals surface area contributed by atoms with Gasteiger partial charge in [-0.2, -0.15) is 8.42 Å². The summed E-state index contributed by atoms with van der Waals surface area (Å²) in [5.41, 5.74) is 0. The van der Waals surface area contributed by atoms with Crippen LogP contribution in [-0.4, -0.2) is 13.0 Å². The van der Waals surface area contributed by atoms with Gasteiger partial charge in [0.1, 0.15) is 4.90 Å². The van der Waals surface area contributed by atoms with Crippen molar-refractivity contribution in [3.63, 3.8) is 0 Å². The Morgan fingerprint density at radius 2 is 1.75 bits per heavy atom. The van der Waals surface area contributed by atoms with E-state index in [9.17, 15) is 8.42 Å². The molecule has 0 heterocycles. The third-order valence-electron chi connectivity index (χ3n) is 1.11. The molecule has 0 amide bonds. The van der Waals surface area contributed by atoms with E-state index >= 15 is 0 Å². The average molecular weight is 302 g/mol. The third-order valence-corrected chi connectivity index (χ3v) is 2.98. The molecule has 0 aromatic heterocycles. The molecule has 0 fully saturated rings. The second-order valence-corrected chi connectivity index (χ2v) is 4.15. The van der Waals surface area contributed by atoms with Crippen LogP contribution in [0.3, 0.4) is 0 Å². The minimum atomic E-state index is -4.08. The van der Waals surface area contributed by atoms with Crippen LogP contribution in [0.4, 0.5) is 0 Å². The topological polar surface area (TPSA) is 54.4 Å². The smallest absolute Gasteiger partial charge is 0.282 e. The zero-order valence-electron chi connectivity index (χ0n) is 6.07. The van der Waals surface area contributed by atoms with Crippen LogP contribution >= 0.6 is 15.9 Å². The first kappa shape index (κ1) is 12.2. The van der Waals surface area contributed by atoms with Gasteiger partial charge >= 0.3 is 0 Å². The Bertz CT molecular complexity index is 363. The van der Waals surface area contributed by atoms with E-state index in [0.29, 0.717) is 4.47 Å². The molecule has 0 bridgehead atoms. The quantitative estimate of drug-likeness (QED) is 0.634. The van der Waals surface area contributed by atoms with Crippen LogP contribution in [0.5, 0.6) is 0 Å². The van der Waals surface area contributed by atoms with Gasteiger partial charge in [0.15, 0.2) is 0 Å². The van der Waals surface area contributed by atoms with Gasteiger partial charge in [-0.15, -0.1) is 0 Å². The number of halogens is 1. The molecule has 0 saturated heterocycles. The van der Waals surface area contributed by atoms with Gasteiger partial charge in [0.05, 0.1) is 0 Å². The molecule has 0 unspecified atom stereocenters. The monoisotopic (exact) mass is 300 g/mol. The molecule has 0 saturated carbocycles. The molecule has 6 heteroatoms. The zero-order valence-corrected chi connectivity index (χ0v) is 11.4. The SMILES string of the molecule is O=S(=O)(O)c1ccccc1Br.[Zn]. The third kappa shape index (κ3) is 2.94. The fraction of sp³-hybridized carbons (Fsp3) is 0. The van der Waals surface area contributed by atoms with Crippen LogP contribution in [0.1, 0.15) is 0 Å². The van der Waals surface area contributed by atoms with E-state index in [0.717, 1.165) is 0 Å². The number of hydrogen-bond acceptors (Lipinski definition) is 2. The van der Waals surface area contributed by atoms with Gasteiger partial charge in [0.25, 0.3) is 10.1 Å². The molecular weight excluding hydrogens is 297 g/mol. The summed E-state index contributed by atoms with van der Waals surface area (Å²) in [7, 11) is -4.08. The summed E-state index contributed by atoms with van der Waals surface area (Å²) in [5, 5.41) is 0. The van der Waals surface area contributed by atoms with E-state index in [1.54, 1.807) is 12.1 Å². The van der Waals surface area contributed by atoms with E-state index in [-0.39, 0.29) is 24.4 Å². The normalized spacial score (nSPS) is 10.5. The van der Waals surface area contributed by atoms with Crippen molar-refractivity contribution >= 4 is 26.0 Å². The van der Waals surface area contributed by atoms with Crippen LogP contribution in [-0.2, 0) is 29.6 Å². The Balaban J connectivity index is 0.00000121. The van der Waals surface area contributed by atoms with Crippen molar-refractivity contribution in [1.82, 2.24) is 0 Å². The summed E-state index contributed by atoms with van der Waals surface area (Å²) in [6, 6.07) is 6.06. The first-order valence-electron chi connectivity index (χ1n) is 2.74. The van der Waals surface area contributed by atoms with Crippen molar-refractivity contribution in [3.8, 4) is 0 Å². The fourth-order valence-corrected chi connectivity index (χ4v) is 2.12. The summed E-state index contributed by atoms with van der Waals surface area (Å²) in [6.07, 6.45) is 0. The summed E-state index contributed by atoms with van der Waals surface area (Å²) in [4.78, 5) is -0.111. The molecule has 12 heavy (non-hydrogen) atoms. The molecule has 0 spiro atoms. The molecule has 1 rings (SSSR count). The Hall–Kier alpha value is 0.233. The Morgan fingerprint density at radius 3 is 2.08 bits per heavy atom. The standard InChI is InChI=1S/C6H5BrO3S.Zn/c7-5-3-1-2-4-6(5)11(8,9)10;/h1-4H,(H,8,9,10);. The predicted molar refractivity (Wildman–Crippen MR) is 44.0 cm³/mol. The molecule has 0 atom stereocenters. The molecule has 0 aliphatic rings.